The number of hydrogen-bond donors (Lipinski definition) is 0. The van der Waals surface area contributed by atoms with Crippen molar-refractivity contribution in [1.82, 2.24) is 0 Å². The summed E-state index contributed by atoms with van der Waals surface area (Å²) in [5.74, 6) is 0. The van der Waals surface area contributed by atoms with Gasteiger partial charge in [0.1, 0.15) is 6.10 Å². The van der Waals surface area contributed by atoms with Crippen molar-refractivity contribution in [2.24, 2.45) is 0 Å². The van der Waals surface area contributed by atoms with Gasteiger partial charge in [-0.15, -0.1) is 0 Å². The average Bonchev–Trinajstić information content (AvgIpc) is 2.04. The van der Waals surface area contributed by atoms with E-state index in [-0.39, 0.29) is 24.4 Å². The van der Waals surface area contributed by atoms with Gasteiger partial charge in [0.05, 0.1) is 18.3 Å². The van der Waals surface area contributed by atoms with E-state index in [1.807, 2.05) is 13.8 Å². The van der Waals surface area contributed by atoms with E-state index in [0.29, 0.717) is 0 Å². The molecule has 0 aromatic carbocycles. The van der Waals surface area contributed by atoms with E-state index in [9.17, 15) is 0 Å². The predicted molar refractivity (Wildman–Crippen MR) is 50.8 cm³/mol. The van der Waals surface area contributed by atoms with Crippen LogP contribution in [0.1, 0.15) is 27.2 Å². The van der Waals surface area contributed by atoms with E-state index in [0.717, 1.165) is 13.0 Å². The maximum atomic E-state index is 5.66. The molecule has 1 heterocycles. The lowest BCUT2D eigenvalue weighted by Crippen LogP contribution is -2.48. The fourth-order valence-electron chi connectivity index (χ4n) is 1.98. The largest absolute Gasteiger partial charge is 0.376 e. The van der Waals surface area contributed by atoms with Gasteiger partial charge in [-0.2, -0.15) is 0 Å². The minimum atomic E-state index is 0.0798. The van der Waals surface area contributed by atoms with Crippen LogP contribution < -0.4 is 0 Å². The number of ether oxygens (including phenoxy) is 3. The summed E-state index contributed by atoms with van der Waals surface area (Å²) >= 11 is 0. The molecule has 0 aromatic heterocycles. The first-order valence-corrected chi connectivity index (χ1v) is 4.98. The molecule has 13 heavy (non-hydrogen) atoms. The molecule has 0 aromatic rings. The Hall–Kier alpha value is -0.120. The summed E-state index contributed by atoms with van der Waals surface area (Å²) in [6.07, 6.45) is 1.60. The van der Waals surface area contributed by atoms with Crippen LogP contribution in [0.3, 0.4) is 0 Å². The summed E-state index contributed by atoms with van der Waals surface area (Å²) in [6.45, 7) is 6.87. The summed E-state index contributed by atoms with van der Waals surface area (Å²) in [5.41, 5.74) is 0. The van der Waals surface area contributed by atoms with Crippen LogP contribution in [-0.4, -0.2) is 38.1 Å². The van der Waals surface area contributed by atoms with Crippen molar-refractivity contribution in [1.29, 1.82) is 0 Å². The molecule has 4 atom stereocenters. The first kappa shape index (κ1) is 11.0. The van der Waals surface area contributed by atoms with E-state index in [1.165, 1.54) is 0 Å². The summed E-state index contributed by atoms with van der Waals surface area (Å²) in [4.78, 5) is 0. The molecule has 1 rings (SSSR count). The molecule has 78 valence electrons. The lowest BCUT2D eigenvalue weighted by Gasteiger charge is -2.38. The highest BCUT2D eigenvalue weighted by molar-refractivity contribution is 4.83. The fourth-order valence-corrected chi connectivity index (χ4v) is 1.98. The third-order valence-corrected chi connectivity index (χ3v) is 2.49. The Morgan fingerprint density at radius 2 is 2.08 bits per heavy atom. The Balaban J connectivity index is 2.54. The van der Waals surface area contributed by atoms with Crippen molar-refractivity contribution in [3.05, 3.63) is 0 Å². The Labute approximate surface area is 80.4 Å². The molecule has 0 unspecified atom stereocenters. The van der Waals surface area contributed by atoms with Crippen molar-refractivity contribution in [3.63, 3.8) is 0 Å². The third-order valence-electron chi connectivity index (χ3n) is 2.49. The van der Waals surface area contributed by atoms with E-state index < -0.39 is 0 Å². The van der Waals surface area contributed by atoms with Crippen LogP contribution in [0.4, 0.5) is 0 Å². The van der Waals surface area contributed by atoms with Crippen molar-refractivity contribution in [3.8, 4) is 0 Å². The number of rotatable bonds is 3. The van der Waals surface area contributed by atoms with Gasteiger partial charge in [0.25, 0.3) is 0 Å². The molecule has 1 aliphatic heterocycles. The second kappa shape index (κ2) is 4.94. The maximum absolute atomic E-state index is 5.66. The Morgan fingerprint density at radius 1 is 1.38 bits per heavy atom. The molecular weight excluding hydrogens is 168 g/mol. The van der Waals surface area contributed by atoms with Gasteiger partial charge in [-0.05, 0) is 20.8 Å². The minimum absolute atomic E-state index is 0.0798. The molecule has 1 fully saturated rings. The number of hydrogen-bond acceptors (Lipinski definition) is 3. The van der Waals surface area contributed by atoms with Crippen LogP contribution >= 0.6 is 0 Å². The van der Waals surface area contributed by atoms with Crippen LogP contribution in [0.5, 0.6) is 0 Å². The molecule has 0 bridgehead atoms. The van der Waals surface area contributed by atoms with Gasteiger partial charge in [-0.3, -0.25) is 0 Å². The highest BCUT2D eigenvalue weighted by atomic mass is 16.6. The highest BCUT2D eigenvalue weighted by Gasteiger charge is 2.35. The molecule has 0 aliphatic carbocycles. The summed E-state index contributed by atoms with van der Waals surface area (Å²) in [5, 5.41) is 0. The van der Waals surface area contributed by atoms with Crippen molar-refractivity contribution < 1.29 is 14.2 Å². The number of methoxy groups -OCH3 is 1. The van der Waals surface area contributed by atoms with Gasteiger partial charge in [0.2, 0.25) is 0 Å². The minimum Gasteiger partial charge on any atom is -0.376 e. The second-order valence-electron chi connectivity index (χ2n) is 3.58. The predicted octanol–water partition coefficient (Wildman–Crippen LogP) is 1.60. The zero-order valence-electron chi connectivity index (χ0n) is 8.95. The molecule has 1 aliphatic rings. The maximum Gasteiger partial charge on any atom is 0.109 e. The van der Waals surface area contributed by atoms with Gasteiger partial charge >= 0.3 is 0 Å². The first-order chi connectivity index (χ1) is 6.19. The molecule has 0 saturated carbocycles. The third kappa shape index (κ3) is 2.66. The summed E-state index contributed by atoms with van der Waals surface area (Å²) in [6, 6.07) is 0. The summed E-state index contributed by atoms with van der Waals surface area (Å²) in [7, 11) is 1.71. The molecule has 0 N–H and O–H groups in total. The second-order valence-corrected chi connectivity index (χ2v) is 3.58. The molecule has 0 spiro atoms. The molecule has 3 nitrogen and oxygen atoms in total. The van der Waals surface area contributed by atoms with Gasteiger partial charge in [0, 0.05) is 20.1 Å². The Bertz CT molecular complexity index is 149. The van der Waals surface area contributed by atoms with Crippen LogP contribution in [-0.2, 0) is 14.2 Å². The zero-order chi connectivity index (χ0) is 9.84. The van der Waals surface area contributed by atoms with E-state index in [2.05, 4.69) is 6.92 Å². The van der Waals surface area contributed by atoms with Gasteiger partial charge < -0.3 is 14.2 Å². The smallest absolute Gasteiger partial charge is 0.109 e. The fraction of sp³-hybridized carbons (Fsp3) is 1.00. The van der Waals surface area contributed by atoms with Crippen LogP contribution in [0.2, 0.25) is 0 Å². The zero-order valence-corrected chi connectivity index (χ0v) is 8.95. The topological polar surface area (TPSA) is 27.7 Å². The van der Waals surface area contributed by atoms with E-state index >= 15 is 0 Å². The molecule has 0 radical (unpaired) electrons. The van der Waals surface area contributed by atoms with Crippen LogP contribution in [0.25, 0.3) is 0 Å². The Kier molecular flexibility index (Phi) is 4.16. The highest BCUT2D eigenvalue weighted by Crippen LogP contribution is 2.24. The first-order valence-electron chi connectivity index (χ1n) is 4.98. The molecule has 1 saturated heterocycles. The quantitative estimate of drug-likeness (QED) is 0.673. The SMILES string of the molecule is CCO[C@@H]1C[C@H](C)O[C@@H](C)[C@@H]1OC. The van der Waals surface area contributed by atoms with E-state index in [1.54, 1.807) is 7.11 Å². The van der Waals surface area contributed by atoms with Crippen molar-refractivity contribution in [2.75, 3.05) is 13.7 Å². The molecular formula is C10H20O3. The average molecular weight is 188 g/mol. The summed E-state index contributed by atoms with van der Waals surface area (Å²) < 4.78 is 16.7. The van der Waals surface area contributed by atoms with Crippen LogP contribution in [0.15, 0.2) is 0 Å². The molecule has 0 amide bonds. The Morgan fingerprint density at radius 3 is 2.62 bits per heavy atom. The lowest BCUT2D eigenvalue weighted by molar-refractivity contribution is -0.182. The van der Waals surface area contributed by atoms with Crippen LogP contribution in [0, 0.1) is 0 Å². The van der Waals surface area contributed by atoms with Crippen molar-refractivity contribution >= 4 is 0 Å². The standard InChI is InChI=1S/C10H20O3/c1-5-12-9-6-7(2)13-8(3)10(9)11-4/h7-10H,5-6H2,1-4H3/t7-,8-,9+,10-/m0/s1. The van der Waals surface area contributed by atoms with Gasteiger partial charge in [0.15, 0.2) is 0 Å². The van der Waals surface area contributed by atoms with Gasteiger partial charge in [-0.25, -0.2) is 0 Å². The van der Waals surface area contributed by atoms with E-state index in [4.69, 9.17) is 14.2 Å². The van der Waals surface area contributed by atoms with Gasteiger partial charge in [-0.1, -0.05) is 0 Å². The van der Waals surface area contributed by atoms with Crippen molar-refractivity contribution in [2.45, 2.75) is 51.6 Å². The monoisotopic (exact) mass is 188 g/mol. The molecule has 3 heteroatoms. The lowest BCUT2D eigenvalue weighted by atomic mass is 9.99. The normalized spacial score (nSPS) is 40.6.